The van der Waals surface area contributed by atoms with Gasteiger partial charge in [0.25, 0.3) is 0 Å². The molecule has 0 atom stereocenters. The molecule has 8 aromatic carbocycles. The molecule has 2 heteroatoms. The summed E-state index contributed by atoms with van der Waals surface area (Å²) in [6.07, 6.45) is 0.860. The van der Waals surface area contributed by atoms with Gasteiger partial charge in [-0.3, -0.25) is 4.57 Å². The highest BCUT2D eigenvalue weighted by Crippen LogP contribution is 2.45. The molecule has 0 saturated heterocycles. The minimum absolute atomic E-state index is 0.860. The molecule has 49 heavy (non-hydrogen) atoms. The van der Waals surface area contributed by atoms with Crippen LogP contribution < -0.4 is 0 Å². The van der Waals surface area contributed by atoms with E-state index in [-0.39, 0.29) is 0 Å². The fourth-order valence-corrected chi connectivity index (χ4v) is 7.50. The Kier molecular flexibility index (Phi) is 7.13. The molecule has 9 rings (SSSR count). The molecule has 9 aromatic rings. The predicted octanol–water partition coefficient (Wildman–Crippen LogP) is 12.6. The summed E-state index contributed by atoms with van der Waals surface area (Å²) in [5.41, 5.74) is 13.1. The average Bonchev–Trinajstić information content (AvgIpc) is 3.56. The summed E-state index contributed by atoms with van der Waals surface area (Å²) in [5.74, 6) is 1.07. The lowest BCUT2D eigenvalue weighted by atomic mass is 9.84. The van der Waals surface area contributed by atoms with E-state index in [0.717, 1.165) is 29.0 Å². The standard InChI is InChI=1S/C47H34N2/c1-2-45-48-43-25-11-12-26-44(43)49(45)38-22-14-20-35(30-38)34-19-13-21-37(29-34)47-40-24-10-9-23-39(40)46(33-17-7-4-8-18-33)41-28-27-36(31-42(41)47)32-15-5-3-6-16-32/h3-31H,2H2,1H3. The summed E-state index contributed by atoms with van der Waals surface area (Å²) in [4.78, 5) is 4.94. The van der Waals surface area contributed by atoms with E-state index in [0.29, 0.717) is 0 Å². The van der Waals surface area contributed by atoms with Gasteiger partial charge < -0.3 is 0 Å². The third-order valence-corrected chi connectivity index (χ3v) is 9.73. The van der Waals surface area contributed by atoms with Crippen molar-refractivity contribution in [1.29, 1.82) is 0 Å². The van der Waals surface area contributed by atoms with Crippen LogP contribution in [0.25, 0.3) is 82.8 Å². The number of para-hydroxylation sites is 2. The van der Waals surface area contributed by atoms with Gasteiger partial charge in [0.15, 0.2) is 0 Å². The fourth-order valence-electron chi connectivity index (χ4n) is 7.50. The lowest BCUT2D eigenvalue weighted by Crippen LogP contribution is -2.00. The van der Waals surface area contributed by atoms with Crippen molar-refractivity contribution in [2.75, 3.05) is 0 Å². The van der Waals surface area contributed by atoms with Crippen molar-refractivity contribution in [3.8, 4) is 50.2 Å². The summed E-state index contributed by atoms with van der Waals surface area (Å²) >= 11 is 0. The Hall–Kier alpha value is -6.25. The predicted molar refractivity (Wildman–Crippen MR) is 207 cm³/mol. The van der Waals surface area contributed by atoms with Gasteiger partial charge in [-0.15, -0.1) is 0 Å². The first-order valence-corrected chi connectivity index (χ1v) is 17.0. The van der Waals surface area contributed by atoms with E-state index in [1.54, 1.807) is 0 Å². The van der Waals surface area contributed by atoms with Crippen molar-refractivity contribution in [3.05, 3.63) is 182 Å². The van der Waals surface area contributed by atoms with E-state index in [1.807, 2.05) is 0 Å². The van der Waals surface area contributed by atoms with Crippen LogP contribution >= 0.6 is 0 Å². The average molecular weight is 627 g/mol. The van der Waals surface area contributed by atoms with Crippen molar-refractivity contribution in [2.24, 2.45) is 0 Å². The number of hydrogen-bond acceptors (Lipinski definition) is 1. The van der Waals surface area contributed by atoms with Gasteiger partial charge in [-0.25, -0.2) is 4.98 Å². The van der Waals surface area contributed by atoms with Crippen molar-refractivity contribution < 1.29 is 0 Å². The molecule has 0 aliphatic heterocycles. The minimum atomic E-state index is 0.860. The summed E-state index contributed by atoms with van der Waals surface area (Å²) in [5, 5.41) is 5.02. The molecule has 0 saturated carbocycles. The van der Waals surface area contributed by atoms with Crippen LogP contribution in [-0.2, 0) is 6.42 Å². The quantitative estimate of drug-likeness (QED) is 0.168. The maximum atomic E-state index is 4.94. The van der Waals surface area contributed by atoms with Crippen LogP contribution in [0.15, 0.2) is 176 Å². The highest BCUT2D eigenvalue weighted by molar-refractivity contribution is 6.22. The molecule has 2 nitrogen and oxygen atoms in total. The zero-order valence-electron chi connectivity index (χ0n) is 27.3. The van der Waals surface area contributed by atoms with E-state index in [9.17, 15) is 0 Å². The van der Waals surface area contributed by atoms with Gasteiger partial charge in [0, 0.05) is 12.1 Å². The molecular weight excluding hydrogens is 593 g/mol. The van der Waals surface area contributed by atoms with Crippen LogP contribution in [0.2, 0.25) is 0 Å². The third kappa shape index (κ3) is 5.01. The summed E-state index contributed by atoms with van der Waals surface area (Å²) in [6.45, 7) is 2.17. The van der Waals surface area contributed by atoms with E-state index < -0.39 is 0 Å². The second kappa shape index (κ2) is 12.1. The molecule has 0 bridgehead atoms. The highest BCUT2D eigenvalue weighted by Gasteiger charge is 2.18. The lowest BCUT2D eigenvalue weighted by molar-refractivity contribution is 0.908. The SMILES string of the molecule is CCc1nc2ccccc2n1-c1cccc(-c2cccc(-c3c4ccccc4c(-c4ccccc4)c4ccc(-c5ccccc5)cc34)c2)c1. The van der Waals surface area contributed by atoms with Crippen molar-refractivity contribution in [2.45, 2.75) is 13.3 Å². The van der Waals surface area contributed by atoms with Gasteiger partial charge in [0.05, 0.1) is 11.0 Å². The molecule has 232 valence electrons. The van der Waals surface area contributed by atoms with E-state index >= 15 is 0 Å². The van der Waals surface area contributed by atoms with Crippen LogP contribution in [0.5, 0.6) is 0 Å². The molecule has 0 aliphatic rings. The van der Waals surface area contributed by atoms with Crippen molar-refractivity contribution >= 4 is 32.6 Å². The third-order valence-electron chi connectivity index (χ3n) is 9.73. The molecule has 0 fully saturated rings. The molecule has 0 amide bonds. The monoisotopic (exact) mass is 626 g/mol. The van der Waals surface area contributed by atoms with E-state index in [4.69, 9.17) is 4.98 Å². The normalized spacial score (nSPS) is 11.4. The summed E-state index contributed by atoms with van der Waals surface area (Å²) < 4.78 is 2.30. The number of benzene rings is 8. The zero-order chi connectivity index (χ0) is 32.7. The first kappa shape index (κ1) is 28.9. The Balaban J connectivity index is 1.27. The minimum Gasteiger partial charge on any atom is -0.296 e. The highest BCUT2D eigenvalue weighted by atomic mass is 15.1. The largest absolute Gasteiger partial charge is 0.296 e. The Labute approximate surface area is 286 Å². The molecule has 0 radical (unpaired) electrons. The second-order valence-corrected chi connectivity index (χ2v) is 12.6. The van der Waals surface area contributed by atoms with Gasteiger partial charge in [0.1, 0.15) is 5.82 Å². The summed E-state index contributed by atoms with van der Waals surface area (Å²) in [7, 11) is 0. The number of nitrogens with zero attached hydrogens (tertiary/aromatic N) is 2. The molecule has 0 spiro atoms. The first-order valence-electron chi connectivity index (χ1n) is 17.0. The van der Waals surface area contributed by atoms with Crippen molar-refractivity contribution in [1.82, 2.24) is 9.55 Å². The molecule has 0 N–H and O–H groups in total. The first-order chi connectivity index (χ1) is 24.3. The Morgan fingerprint density at radius 3 is 1.71 bits per heavy atom. The molecule has 0 unspecified atom stereocenters. The number of fused-ring (bicyclic) bond motifs is 3. The number of aromatic nitrogens is 2. The fraction of sp³-hybridized carbons (Fsp3) is 0.0426. The lowest BCUT2D eigenvalue weighted by Gasteiger charge is -2.19. The number of imidazole rings is 1. The van der Waals surface area contributed by atoms with Gasteiger partial charge in [-0.1, -0.05) is 146 Å². The molecule has 1 aromatic heterocycles. The van der Waals surface area contributed by atoms with Gasteiger partial charge >= 0.3 is 0 Å². The Bertz CT molecular complexity index is 2630. The van der Waals surface area contributed by atoms with Crippen LogP contribution in [0.4, 0.5) is 0 Å². The van der Waals surface area contributed by atoms with Gasteiger partial charge in [-0.2, -0.15) is 0 Å². The number of aryl methyl sites for hydroxylation is 1. The van der Waals surface area contributed by atoms with Crippen LogP contribution in [0.1, 0.15) is 12.7 Å². The van der Waals surface area contributed by atoms with Crippen LogP contribution in [0.3, 0.4) is 0 Å². The number of rotatable bonds is 6. The van der Waals surface area contributed by atoms with Crippen molar-refractivity contribution in [3.63, 3.8) is 0 Å². The molecule has 0 aliphatic carbocycles. The van der Waals surface area contributed by atoms with Gasteiger partial charge in [0.2, 0.25) is 0 Å². The summed E-state index contributed by atoms with van der Waals surface area (Å²) in [6, 6.07) is 63.7. The Morgan fingerprint density at radius 1 is 0.408 bits per heavy atom. The van der Waals surface area contributed by atoms with Crippen LogP contribution in [0, 0.1) is 0 Å². The van der Waals surface area contributed by atoms with Crippen LogP contribution in [-0.4, -0.2) is 9.55 Å². The maximum absolute atomic E-state index is 4.94. The second-order valence-electron chi connectivity index (χ2n) is 12.6. The zero-order valence-corrected chi connectivity index (χ0v) is 27.3. The van der Waals surface area contributed by atoms with Gasteiger partial charge in [-0.05, 0) is 102 Å². The number of hydrogen-bond donors (Lipinski definition) is 0. The maximum Gasteiger partial charge on any atom is 0.114 e. The molecular formula is C47H34N2. The molecule has 1 heterocycles. The topological polar surface area (TPSA) is 17.8 Å². The van der Waals surface area contributed by atoms with E-state index in [1.165, 1.54) is 66.1 Å². The Morgan fingerprint density at radius 2 is 0.959 bits per heavy atom. The smallest absolute Gasteiger partial charge is 0.114 e. The van der Waals surface area contributed by atoms with E-state index in [2.05, 4.69) is 187 Å².